The zero-order valence-corrected chi connectivity index (χ0v) is 9.78. The maximum Gasteiger partial charge on any atom is 0.574 e. The van der Waals surface area contributed by atoms with E-state index in [1.165, 1.54) is 0 Å². The minimum atomic E-state index is -5.19. The minimum Gasteiger partial charge on any atom is -0.489 e. The molecule has 19 heavy (non-hydrogen) atoms. The number of hydrogen-bond donors (Lipinski definition) is 0. The molecule has 0 radical (unpaired) electrons. The van der Waals surface area contributed by atoms with Crippen molar-refractivity contribution in [2.75, 3.05) is 7.11 Å². The van der Waals surface area contributed by atoms with Gasteiger partial charge in [0.1, 0.15) is 5.56 Å². The molecule has 0 aromatic carbocycles. The molecule has 0 aliphatic carbocycles. The number of nitrogens with zero attached hydrogens (tertiary/aromatic N) is 2. The van der Waals surface area contributed by atoms with E-state index in [4.69, 9.17) is 11.6 Å². The van der Waals surface area contributed by atoms with Gasteiger partial charge in [0.05, 0.1) is 12.0 Å². The molecule has 104 valence electrons. The number of pyridine rings is 1. The van der Waals surface area contributed by atoms with Crippen LogP contribution in [0.15, 0.2) is 6.20 Å². The van der Waals surface area contributed by atoms with Gasteiger partial charge in [-0.2, -0.15) is 0 Å². The second kappa shape index (κ2) is 5.26. The van der Waals surface area contributed by atoms with Crippen molar-refractivity contribution in [3.8, 4) is 11.6 Å². The molecule has 1 aromatic heterocycles. The van der Waals surface area contributed by atoms with Gasteiger partial charge in [-0.25, -0.2) is 4.98 Å². The van der Waals surface area contributed by atoms with Crippen LogP contribution in [0.5, 0.6) is 11.6 Å². The maximum atomic E-state index is 12.1. The van der Waals surface area contributed by atoms with Crippen LogP contribution in [0.3, 0.4) is 0 Å². The second-order valence-corrected chi connectivity index (χ2v) is 3.28. The summed E-state index contributed by atoms with van der Waals surface area (Å²) >= 11 is 5.10. The van der Waals surface area contributed by atoms with E-state index in [0.29, 0.717) is 6.20 Å². The summed E-state index contributed by atoms with van der Waals surface area (Å²) < 4.78 is 44.1. The third-order valence-electron chi connectivity index (χ3n) is 1.78. The third-order valence-corrected chi connectivity index (χ3v) is 1.99. The molecule has 0 spiro atoms. The number of rotatable bonds is 4. The largest absolute Gasteiger partial charge is 0.574 e. The average Bonchev–Trinajstić information content (AvgIpc) is 2.25. The molecule has 0 N–H and O–H groups in total. The van der Waals surface area contributed by atoms with Crippen LogP contribution in [-0.2, 0) is 0 Å². The molecule has 0 amide bonds. The second-order valence-electron chi connectivity index (χ2n) is 2.94. The first-order valence-corrected chi connectivity index (χ1v) is 4.72. The van der Waals surface area contributed by atoms with E-state index in [2.05, 4.69) is 14.5 Å². The molecule has 1 heterocycles. The van der Waals surface area contributed by atoms with Crippen LogP contribution in [0.4, 0.5) is 18.9 Å². The Hall–Kier alpha value is -2.10. The van der Waals surface area contributed by atoms with Gasteiger partial charge in [-0.15, -0.1) is 13.2 Å². The van der Waals surface area contributed by atoms with Crippen molar-refractivity contribution in [1.82, 2.24) is 4.98 Å². The molecule has 0 saturated carbocycles. The zero-order chi connectivity index (χ0) is 14.8. The Kier molecular flexibility index (Phi) is 4.14. The molecule has 11 heteroatoms. The van der Waals surface area contributed by atoms with E-state index in [-0.39, 0.29) is 0 Å². The summed E-state index contributed by atoms with van der Waals surface area (Å²) in [5, 5.41) is 9.57. The summed E-state index contributed by atoms with van der Waals surface area (Å²) in [5.74, 6) is -2.12. The quantitative estimate of drug-likeness (QED) is 0.481. The fourth-order valence-corrected chi connectivity index (χ4v) is 1.29. The van der Waals surface area contributed by atoms with E-state index in [1.807, 2.05) is 0 Å². The fourth-order valence-electron chi connectivity index (χ4n) is 1.16. The lowest BCUT2D eigenvalue weighted by atomic mass is 10.2. The van der Waals surface area contributed by atoms with Crippen LogP contribution in [0.2, 0.25) is 0 Å². The van der Waals surface area contributed by atoms with E-state index in [1.54, 1.807) is 0 Å². The summed E-state index contributed by atoms with van der Waals surface area (Å²) in [6.07, 6.45) is -4.60. The number of hydrogen-bond acceptors (Lipinski definition) is 6. The first-order valence-electron chi connectivity index (χ1n) is 4.34. The summed E-state index contributed by atoms with van der Waals surface area (Å²) in [5.41, 5.74) is -1.79. The van der Waals surface area contributed by atoms with Crippen LogP contribution in [0.1, 0.15) is 10.4 Å². The molecule has 1 aromatic rings. The smallest absolute Gasteiger partial charge is 0.489 e. The highest BCUT2D eigenvalue weighted by atomic mass is 35.5. The average molecular weight is 301 g/mol. The van der Waals surface area contributed by atoms with Crippen molar-refractivity contribution in [2.45, 2.75) is 6.36 Å². The third kappa shape index (κ3) is 3.44. The van der Waals surface area contributed by atoms with Gasteiger partial charge >= 0.3 is 17.9 Å². The van der Waals surface area contributed by atoms with Gasteiger partial charge in [-0.3, -0.25) is 14.9 Å². The van der Waals surface area contributed by atoms with Gasteiger partial charge in [0.2, 0.25) is 5.75 Å². The Labute approximate surface area is 108 Å². The number of carbonyl (C=O) groups excluding carboxylic acids is 1. The summed E-state index contributed by atoms with van der Waals surface area (Å²) in [6, 6.07) is 0. The number of methoxy groups -OCH3 is 1. The highest BCUT2D eigenvalue weighted by Gasteiger charge is 2.38. The SMILES string of the molecule is COc1c(C(=O)Cl)cnc(OC(F)(F)F)c1[N+](=O)[O-]. The summed E-state index contributed by atoms with van der Waals surface area (Å²) in [7, 11) is 0.920. The Bertz CT molecular complexity index is 534. The van der Waals surface area contributed by atoms with Gasteiger partial charge in [-0.05, 0) is 11.6 Å². The number of carbonyl (C=O) groups is 1. The Morgan fingerprint density at radius 2 is 2.11 bits per heavy atom. The highest BCUT2D eigenvalue weighted by Crippen LogP contribution is 2.40. The van der Waals surface area contributed by atoms with E-state index in [0.717, 1.165) is 7.11 Å². The monoisotopic (exact) mass is 300 g/mol. The molecule has 0 aliphatic rings. The van der Waals surface area contributed by atoms with Gasteiger partial charge in [0.25, 0.3) is 5.24 Å². The molecular weight excluding hydrogens is 297 g/mol. The Balaban J connectivity index is 3.50. The maximum absolute atomic E-state index is 12.1. The van der Waals surface area contributed by atoms with E-state index >= 15 is 0 Å². The molecule has 0 fully saturated rings. The first-order chi connectivity index (χ1) is 8.67. The predicted octanol–water partition coefficient (Wildman–Crippen LogP) is 2.28. The van der Waals surface area contributed by atoms with Gasteiger partial charge < -0.3 is 9.47 Å². The molecule has 0 bridgehead atoms. The number of ether oxygens (including phenoxy) is 2. The first kappa shape index (κ1) is 15.0. The molecule has 0 unspecified atom stereocenters. The molecular formula is C8H4ClF3N2O5. The van der Waals surface area contributed by atoms with Crippen LogP contribution in [-0.4, -0.2) is 28.6 Å². The normalized spacial score (nSPS) is 11.0. The fraction of sp³-hybridized carbons (Fsp3) is 0.250. The summed E-state index contributed by atoms with van der Waals surface area (Å²) in [6.45, 7) is 0. The number of alkyl halides is 3. The lowest BCUT2D eigenvalue weighted by Crippen LogP contribution is -2.19. The molecule has 0 atom stereocenters. The van der Waals surface area contributed by atoms with Gasteiger partial charge in [-0.1, -0.05) is 0 Å². The van der Waals surface area contributed by atoms with E-state index in [9.17, 15) is 28.1 Å². The number of halogens is 4. The topological polar surface area (TPSA) is 91.6 Å². The molecule has 0 aliphatic heterocycles. The lowest BCUT2D eigenvalue weighted by molar-refractivity contribution is -0.390. The molecule has 7 nitrogen and oxygen atoms in total. The van der Waals surface area contributed by atoms with Gasteiger partial charge in [0.15, 0.2) is 0 Å². The standard InChI is InChI=1S/C8H4ClF3N2O5/c1-18-5-3(6(9)15)2-13-7(4(5)14(16)17)19-8(10,11)12/h2H,1H3. The molecule has 0 saturated heterocycles. The van der Waals surface area contributed by atoms with Crippen molar-refractivity contribution in [2.24, 2.45) is 0 Å². The van der Waals surface area contributed by atoms with Crippen LogP contribution in [0, 0.1) is 10.1 Å². The lowest BCUT2D eigenvalue weighted by Gasteiger charge is -2.11. The predicted molar refractivity (Wildman–Crippen MR) is 54.3 cm³/mol. The Morgan fingerprint density at radius 3 is 2.47 bits per heavy atom. The zero-order valence-electron chi connectivity index (χ0n) is 9.02. The number of nitro groups is 1. The van der Waals surface area contributed by atoms with Crippen LogP contribution < -0.4 is 9.47 Å². The van der Waals surface area contributed by atoms with Crippen molar-refractivity contribution in [3.63, 3.8) is 0 Å². The van der Waals surface area contributed by atoms with E-state index < -0.39 is 39.4 Å². The summed E-state index contributed by atoms with van der Waals surface area (Å²) in [4.78, 5) is 23.5. The number of aromatic nitrogens is 1. The van der Waals surface area contributed by atoms with Crippen molar-refractivity contribution >= 4 is 22.5 Å². The minimum absolute atomic E-state index is 0.551. The van der Waals surface area contributed by atoms with Crippen molar-refractivity contribution in [1.29, 1.82) is 0 Å². The Morgan fingerprint density at radius 1 is 1.53 bits per heavy atom. The van der Waals surface area contributed by atoms with Crippen LogP contribution >= 0.6 is 11.6 Å². The van der Waals surface area contributed by atoms with Gasteiger partial charge in [0, 0.05) is 6.20 Å². The van der Waals surface area contributed by atoms with Crippen molar-refractivity contribution in [3.05, 3.63) is 21.9 Å². The van der Waals surface area contributed by atoms with Crippen LogP contribution in [0.25, 0.3) is 0 Å². The highest BCUT2D eigenvalue weighted by molar-refractivity contribution is 6.68. The molecule has 1 rings (SSSR count). The van der Waals surface area contributed by atoms with Crippen molar-refractivity contribution < 1.29 is 32.4 Å².